The lowest BCUT2D eigenvalue weighted by Gasteiger charge is -2.10. The quantitative estimate of drug-likeness (QED) is 0.386. The Morgan fingerprint density at radius 2 is 1.91 bits per heavy atom. The van der Waals surface area contributed by atoms with Crippen LogP contribution >= 0.6 is 11.8 Å². The summed E-state index contributed by atoms with van der Waals surface area (Å²) in [5, 5.41) is 7.54. The van der Waals surface area contributed by atoms with Crippen LogP contribution in [0.1, 0.15) is 24.2 Å². The molecule has 4 amide bonds. The molecule has 0 saturated heterocycles. The summed E-state index contributed by atoms with van der Waals surface area (Å²) < 4.78 is 15.5. The number of esters is 1. The van der Waals surface area contributed by atoms with Gasteiger partial charge in [0.2, 0.25) is 12.7 Å². The number of hydrogen-bond donors (Lipinski definition) is 3. The van der Waals surface area contributed by atoms with Crippen molar-refractivity contribution in [1.29, 1.82) is 0 Å². The zero-order valence-corrected chi connectivity index (χ0v) is 18.7. The molecule has 1 aromatic heterocycles. The number of benzene rings is 1. The topological polar surface area (TPSA) is 145 Å². The van der Waals surface area contributed by atoms with E-state index in [1.165, 1.54) is 18.3 Å². The summed E-state index contributed by atoms with van der Waals surface area (Å²) >= 11 is 1.04. The first kappa shape index (κ1) is 23.9. The minimum atomic E-state index is -0.804. The van der Waals surface area contributed by atoms with Crippen molar-refractivity contribution in [2.24, 2.45) is 0 Å². The van der Waals surface area contributed by atoms with Crippen LogP contribution in [-0.2, 0) is 14.3 Å². The lowest BCUT2D eigenvalue weighted by Crippen LogP contribution is -2.44. The average Bonchev–Trinajstić information content (AvgIpc) is 3.23. The molecule has 0 radical (unpaired) electrons. The van der Waals surface area contributed by atoms with Gasteiger partial charge in [0.05, 0.1) is 11.3 Å². The van der Waals surface area contributed by atoms with E-state index < -0.39 is 24.5 Å². The molecule has 2 heterocycles. The van der Waals surface area contributed by atoms with Crippen LogP contribution in [0.4, 0.5) is 10.5 Å². The molecule has 1 aliphatic rings. The number of carbonyl (C=O) groups is 4. The second kappa shape index (κ2) is 11.2. The smallest absolute Gasteiger partial charge is 0.341 e. The Kier molecular flexibility index (Phi) is 8.08. The van der Waals surface area contributed by atoms with Crippen LogP contribution in [0.2, 0.25) is 0 Å². The number of ether oxygens (including phenoxy) is 3. The summed E-state index contributed by atoms with van der Waals surface area (Å²) in [4.78, 5) is 52.1. The van der Waals surface area contributed by atoms with E-state index in [1.54, 1.807) is 32.0 Å². The third kappa shape index (κ3) is 7.10. The molecule has 12 heteroatoms. The van der Waals surface area contributed by atoms with Crippen LogP contribution in [0.15, 0.2) is 41.6 Å². The van der Waals surface area contributed by atoms with Crippen molar-refractivity contribution >= 4 is 41.3 Å². The molecule has 0 saturated carbocycles. The van der Waals surface area contributed by atoms with Crippen LogP contribution in [0.25, 0.3) is 0 Å². The summed E-state index contributed by atoms with van der Waals surface area (Å²) in [7, 11) is 0. The number of nitrogens with one attached hydrogen (secondary N) is 3. The summed E-state index contributed by atoms with van der Waals surface area (Å²) in [6.45, 7) is 2.96. The number of amides is 4. The fraction of sp³-hybridized carbons (Fsp3) is 0.286. The zero-order valence-electron chi connectivity index (χ0n) is 17.9. The normalized spacial score (nSPS) is 11.6. The monoisotopic (exact) mass is 474 g/mol. The summed E-state index contributed by atoms with van der Waals surface area (Å²) in [5.41, 5.74) is 0.635. The number of nitrogens with zero attached hydrogens (tertiary/aromatic N) is 1. The molecule has 1 aromatic carbocycles. The standard InChI is InChI=1S/C21H22N4O7S/c1-12(2)23-21(29)25-17(26)9-30-20(28)14-4-3-7-22-19(14)33-10-18(27)24-13-5-6-15-16(8-13)32-11-31-15/h3-8,12H,9-11H2,1-2H3,(H,24,27)(H2,23,25,26,29). The van der Waals surface area contributed by atoms with Crippen molar-refractivity contribution in [3.05, 3.63) is 42.1 Å². The van der Waals surface area contributed by atoms with Crippen LogP contribution in [-0.4, -0.2) is 54.0 Å². The number of pyridine rings is 1. The molecule has 174 valence electrons. The molecule has 0 atom stereocenters. The first-order chi connectivity index (χ1) is 15.8. The van der Waals surface area contributed by atoms with E-state index in [-0.39, 0.29) is 35.1 Å². The number of hydrogen-bond acceptors (Lipinski definition) is 9. The first-order valence-electron chi connectivity index (χ1n) is 9.86. The van der Waals surface area contributed by atoms with Crippen molar-refractivity contribution in [3.63, 3.8) is 0 Å². The van der Waals surface area contributed by atoms with E-state index in [1.807, 2.05) is 0 Å². The summed E-state index contributed by atoms with van der Waals surface area (Å²) in [6.07, 6.45) is 1.47. The maximum absolute atomic E-state index is 12.4. The van der Waals surface area contributed by atoms with E-state index in [9.17, 15) is 19.2 Å². The maximum atomic E-state index is 12.4. The fourth-order valence-corrected chi connectivity index (χ4v) is 3.42. The fourth-order valence-electron chi connectivity index (χ4n) is 2.64. The predicted molar refractivity (Wildman–Crippen MR) is 118 cm³/mol. The lowest BCUT2D eigenvalue weighted by atomic mass is 10.3. The van der Waals surface area contributed by atoms with Gasteiger partial charge in [-0.1, -0.05) is 11.8 Å². The molecule has 0 fully saturated rings. The average molecular weight is 474 g/mol. The third-order valence-electron chi connectivity index (χ3n) is 3.99. The van der Waals surface area contributed by atoms with Gasteiger partial charge in [-0.2, -0.15) is 0 Å². The molecule has 0 aliphatic carbocycles. The van der Waals surface area contributed by atoms with Gasteiger partial charge in [-0.15, -0.1) is 0 Å². The van der Waals surface area contributed by atoms with Gasteiger partial charge >= 0.3 is 12.0 Å². The molecule has 0 bridgehead atoms. The molecule has 33 heavy (non-hydrogen) atoms. The Hall–Kier alpha value is -3.80. The van der Waals surface area contributed by atoms with Gasteiger partial charge in [-0.3, -0.25) is 14.9 Å². The number of imide groups is 1. The van der Waals surface area contributed by atoms with Gasteiger partial charge in [-0.05, 0) is 38.1 Å². The number of anilines is 1. The van der Waals surface area contributed by atoms with Crippen molar-refractivity contribution in [1.82, 2.24) is 15.6 Å². The maximum Gasteiger partial charge on any atom is 0.341 e. The Morgan fingerprint density at radius 1 is 1.12 bits per heavy atom. The molecule has 0 unspecified atom stereocenters. The number of carbonyl (C=O) groups excluding carboxylic acids is 4. The highest BCUT2D eigenvalue weighted by Gasteiger charge is 2.18. The van der Waals surface area contributed by atoms with Crippen LogP contribution in [0.5, 0.6) is 11.5 Å². The summed E-state index contributed by atoms with van der Waals surface area (Å²) in [6, 6.07) is 7.20. The predicted octanol–water partition coefficient (Wildman–Crippen LogP) is 1.93. The second-order valence-corrected chi connectivity index (χ2v) is 7.98. The first-order valence-corrected chi connectivity index (χ1v) is 10.8. The highest BCUT2D eigenvalue weighted by atomic mass is 32.2. The molecule has 1 aliphatic heterocycles. The molecule has 3 rings (SSSR count). The van der Waals surface area contributed by atoms with Gasteiger partial charge < -0.3 is 24.8 Å². The number of aromatic nitrogens is 1. The van der Waals surface area contributed by atoms with E-state index >= 15 is 0 Å². The third-order valence-corrected chi connectivity index (χ3v) is 5.00. The van der Waals surface area contributed by atoms with Gasteiger partial charge in [0.25, 0.3) is 5.91 Å². The second-order valence-electron chi connectivity index (χ2n) is 7.01. The Labute approximate surface area is 193 Å². The molecule has 2 aromatic rings. The van der Waals surface area contributed by atoms with E-state index in [4.69, 9.17) is 14.2 Å². The summed E-state index contributed by atoms with van der Waals surface area (Å²) in [5.74, 6) is -0.779. The zero-order chi connectivity index (χ0) is 23.8. The molecule has 11 nitrogen and oxygen atoms in total. The van der Waals surface area contributed by atoms with Gasteiger partial charge in [0, 0.05) is 24.0 Å². The van der Waals surface area contributed by atoms with Gasteiger partial charge in [0.15, 0.2) is 18.1 Å². The van der Waals surface area contributed by atoms with Gasteiger partial charge in [0.1, 0.15) is 5.03 Å². The van der Waals surface area contributed by atoms with Crippen molar-refractivity contribution < 1.29 is 33.4 Å². The van der Waals surface area contributed by atoms with Gasteiger partial charge in [-0.25, -0.2) is 14.6 Å². The van der Waals surface area contributed by atoms with Crippen molar-refractivity contribution in [2.75, 3.05) is 24.5 Å². The van der Waals surface area contributed by atoms with Crippen LogP contribution in [0, 0.1) is 0 Å². The molecular formula is C21H22N4O7S. The number of urea groups is 1. The van der Waals surface area contributed by atoms with E-state index in [0.29, 0.717) is 17.2 Å². The SMILES string of the molecule is CC(C)NC(=O)NC(=O)COC(=O)c1cccnc1SCC(=O)Nc1ccc2c(c1)OCO2. The largest absolute Gasteiger partial charge is 0.454 e. The van der Waals surface area contributed by atoms with Crippen LogP contribution in [0.3, 0.4) is 0 Å². The number of fused-ring (bicyclic) bond motifs is 1. The molecule has 0 spiro atoms. The van der Waals surface area contributed by atoms with E-state index in [0.717, 1.165) is 11.8 Å². The van der Waals surface area contributed by atoms with Crippen molar-refractivity contribution in [2.45, 2.75) is 24.9 Å². The minimum Gasteiger partial charge on any atom is -0.454 e. The number of rotatable bonds is 8. The highest BCUT2D eigenvalue weighted by Crippen LogP contribution is 2.34. The number of thioether (sulfide) groups is 1. The molecular weight excluding hydrogens is 452 g/mol. The Balaban J connectivity index is 1.51. The molecule has 3 N–H and O–H groups in total. The Morgan fingerprint density at radius 3 is 2.70 bits per heavy atom. The van der Waals surface area contributed by atoms with Crippen molar-refractivity contribution in [3.8, 4) is 11.5 Å². The minimum absolute atomic E-state index is 0.0262. The Bertz CT molecular complexity index is 1060. The highest BCUT2D eigenvalue weighted by molar-refractivity contribution is 8.00. The van der Waals surface area contributed by atoms with E-state index in [2.05, 4.69) is 20.9 Å². The van der Waals surface area contributed by atoms with Crippen LogP contribution < -0.4 is 25.4 Å². The lowest BCUT2D eigenvalue weighted by molar-refractivity contribution is -0.123.